The van der Waals surface area contributed by atoms with Crippen molar-refractivity contribution in [1.82, 2.24) is 0 Å². The molecule has 9 nitrogen and oxygen atoms in total. The van der Waals surface area contributed by atoms with Crippen molar-refractivity contribution in [3.63, 3.8) is 0 Å². The number of anilines is 2. The van der Waals surface area contributed by atoms with Crippen molar-refractivity contribution in [2.24, 2.45) is 11.7 Å². The number of ether oxygens (including phenoxy) is 3. The van der Waals surface area contributed by atoms with Crippen LogP contribution in [-0.2, 0) is 4.79 Å². The Hall–Kier alpha value is -3.29. The summed E-state index contributed by atoms with van der Waals surface area (Å²) in [5.41, 5.74) is 13.4. The number of halogens is 1. The summed E-state index contributed by atoms with van der Waals surface area (Å²) < 4.78 is 17.0. The molecule has 2 aromatic carbocycles. The molecule has 0 aliphatic carbocycles. The molecule has 1 unspecified atom stereocenters. The number of fused-ring (bicyclic) bond motifs is 1. The molecule has 1 amide bonds. The first-order valence-electron chi connectivity index (χ1n) is 8.85. The molecule has 0 bridgehead atoms. The molecule has 2 atom stereocenters. The van der Waals surface area contributed by atoms with E-state index in [1.54, 1.807) is 24.3 Å². The highest BCUT2D eigenvalue weighted by atomic mass is 79.9. The Balaban J connectivity index is 2.20. The van der Waals surface area contributed by atoms with E-state index in [1.165, 1.54) is 14.2 Å². The molecule has 156 valence electrons. The van der Waals surface area contributed by atoms with E-state index in [0.29, 0.717) is 32.8 Å². The van der Waals surface area contributed by atoms with Crippen LogP contribution in [0.25, 0.3) is 0 Å². The van der Waals surface area contributed by atoms with Crippen LogP contribution in [0.4, 0.5) is 11.4 Å². The standard InChI is InChI=1S/C20H20BrN5O4/c1-28-14-6-9(5-12(21)19(14)29-2)16-10-3-4-13(26-15(27)8-23)17(24)18(10)30-20(25)11(16)7-22/h3-6,11,16,25H,8,23-24H2,1-2H3,(H,26,27)/t11?,16-/m1/s1. The number of carbonyl (C=O) groups is 1. The largest absolute Gasteiger partial charge is 0.493 e. The molecule has 2 aromatic rings. The minimum Gasteiger partial charge on any atom is -0.493 e. The fourth-order valence-corrected chi connectivity index (χ4v) is 4.03. The van der Waals surface area contributed by atoms with Gasteiger partial charge < -0.3 is 31.0 Å². The molecule has 30 heavy (non-hydrogen) atoms. The van der Waals surface area contributed by atoms with Crippen LogP contribution in [0, 0.1) is 22.7 Å². The molecule has 0 saturated heterocycles. The van der Waals surface area contributed by atoms with Gasteiger partial charge in [0, 0.05) is 11.5 Å². The number of nitrogen functional groups attached to an aromatic ring is 1. The van der Waals surface area contributed by atoms with Crippen molar-refractivity contribution in [3.05, 3.63) is 39.9 Å². The summed E-state index contributed by atoms with van der Waals surface area (Å²) in [5, 5.41) is 20.6. The van der Waals surface area contributed by atoms with E-state index in [9.17, 15) is 10.1 Å². The van der Waals surface area contributed by atoms with E-state index in [0.717, 1.165) is 0 Å². The van der Waals surface area contributed by atoms with Crippen LogP contribution in [0.2, 0.25) is 0 Å². The Morgan fingerprint density at radius 2 is 2.10 bits per heavy atom. The third kappa shape index (κ3) is 3.65. The highest BCUT2D eigenvalue weighted by molar-refractivity contribution is 9.10. The monoisotopic (exact) mass is 473 g/mol. The number of nitrogens with two attached hydrogens (primary N) is 2. The van der Waals surface area contributed by atoms with Gasteiger partial charge in [0.2, 0.25) is 11.8 Å². The number of methoxy groups -OCH3 is 2. The van der Waals surface area contributed by atoms with Gasteiger partial charge in [-0.05, 0) is 39.7 Å². The van der Waals surface area contributed by atoms with Gasteiger partial charge in [-0.2, -0.15) is 5.26 Å². The molecule has 1 aliphatic rings. The molecule has 0 saturated carbocycles. The second-order valence-corrected chi connectivity index (χ2v) is 7.34. The lowest BCUT2D eigenvalue weighted by Crippen LogP contribution is -2.32. The number of nitriles is 1. The van der Waals surface area contributed by atoms with E-state index in [4.69, 9.17) is 31.1 Å². The Kier molecular flexibility index (Phi) is 6.14. The van der Waals surface area contributed by atoms with Gasteiger partial charge in [0.1, 0.15) is 5.92 Å². The normalized spacial score (nSPS) is 17.4. The molecule has 1 heterocycles. The fraction of sp³-hybridized carbons (Fsp3) is 0.250. The van der Waals surface area contributed by atoms with Crippen LogP contribution in [0.1, 0.15) is 17.0 Å². The van der Waals surface area contributed by atoms with Crippen LogP contribution >= 0.6 is 15.9 Å². The molecule has 0 fully saturated rings. The third-order valence-corrected chi connectivity index (χ3v) is 5.39. The van der Waals surface area contributed by atoms with Gasteiger partial charge in [-0.1, -0.05) is 6.07 Å². The van der Waals surface area contributed by atoms with E-state index >= 15 is 0 Å². The van der Waals surface area contributed by atoms with Crippen molar-refractivity contribution < 1.29 is 19.0 Å². The molecule has 3 rings (SSSR count). The average molecular weight is 474 g/mol. The van der Waals surface area contributed by atoms with Crippen molar-refractivity contribution in [3.8, 4) is 23.3 Å². The summed E-state index contributed by atoms with van der Waals surface area (Å²) in [7, 11) is 3.04. The lowest BCUT2D eigenvalue weighted by Gasteiger charge is -2.32. The molecule has 6 N–H and O–H groups in total. The van der Waals surface area contributed by atoms with Crippen LogP contribution in [0.15, 0.2) is 28.7 Å². The van der Waals surface area contributed by atoms with Gasteiger partial charge in [-0.15, -0.1) is 0 Å². The van der Waals surface area contributed by atoms with E-state index in [2.05, 4.69) is 27.3 Å². The predicted octanol–water partition coefficient (Wildman–Crippen LogP) is 2.59. The zero-order valence-electron chi connectivity index (χ0n) is 16.3. The number of nitrogens with zero attached hydrogens (tertiary/aromatic N) is 1. The summed E-state index contributed by atoms with van der Waals surface area (Å²) in [6.45, 7) is -0.202. The zero-order valence-corrected chi connectivity index (χ0v) is 17.9. The molecule has 1 aliphatic heterocycles. The van der Waals surface area contributed by atoms with E-state index in [-0.39, 0.29) is 23.9 Å². The molecule has 10 heteroatoms. The van der Waals surface area contributed by atoms with Gasteiger partial charge >= 0.3 is 0 Å². The Bertz CT molecular complexity index is 1070. The lowest BCUT2D eigenvalue weighted by atomic mass is 9.78. The summed E-state index contributed by atoms with van der Waals surface area (Å²) in [5.74, 6) is -0.889. The van der Waals surface area contributed by atoms with Gasteiger partial charge in [0.25, 0.3) is 0 Å². The SMILES string of the molecule is COc1cc([C@@H]2c3ccc(NC(=O)CN)c(N)c3OC(=N)C2C#N)cc(Br)c1OC. The minimum atomic E-state index is -0.883. The van der Waals surface area contributed by atoms with Crippen LogP contribution in [-0.4, -0.2) is 32.6 Å². The average Bonchev–Trinajstić information content (AvgIpc) is 2.74. The van der Waals surface area contributed by atoms with Crippen molar-refractivity contribution in [2.45, 2.75) is 5.92 Å². The number of carbonyl (C=O) groups excluding carboxylic acids is 1. The van der Waals surface area contributed by atoms with Crippen molar-refractivity contribution in [1.29, 1.82) is 10.7 Å². The van der Waals surface area contributed by atoms with Crippen molar-refractivity contribution in [2.75, 3.05) is 31.8 Å². The molecule has 0 radical (unpaired) electrons. The van der Waals surface area contributed by atoms with Crippen molar-refractivity contribution >= 4 is 39.1 Å². The zero-order chi connectivity index (χ0) is 22.0. The second kappa shape index (κ2) is 8.61. The molecular weight excluding hydrogens is 454 g/mol. The maximum Gasteiger partial charge on any atom is 0.238 e. The van der Waals surface area contributed by atoms with Gasteiger partial charge in [0.15, 0.2) is 17.2 Å². The van der Waals surface area contributed by atoms with Gasteiger partial charge in [0.05, 0.1) is 42.7 Å². The summed E-state index contributed by atoms with van der Waals surface area (Å²) in [6.07, 6.45) is 0. The predicted molar refractivity (Wildman–Crippen MR) is 115 cm³/mol. The second-order valence-electron chi connectivity index (χ2n) is 6.49. The maximum absolute atomic E-state index is 11.7. The number of benzene rings is 2. The lowest BCUT2D eigenvalue weighted by molar-refractivity contribution is -0.114. The Labute approximate surface area is 181 Å². The van der Waals surface area contributed by atoms with Gasteiger partial charge in [-0.25, -0.2) is 0 Å². The highest BCUT2D eigenvalue weighted by Gasteiger charge is 2.39. The fourth-order valence-electron chi connectivity index (χ4n) is 3.41. The third-order valence-electron chi connectivity index (χ3n) is 4.80. The summed E-state index contributed by atoms with van der Waals surface area (Å²) in [6, 6.07) is 9.03. The maximum atomic E-state index is 11.7. The highest BCUT2D eigenvalue weighted by Crippen LogP contribution is 2.49. The number of amides is 1. The first-order valence-corrected chi connectivity index (χ1v) is 9.65. The number of rotatable bonds is 5. The smallest absolute Gasteiger partial charge is 0.238 e. The van der Waals surface area contributed by atoms with Crippen LogP contribution < -0.4 is 31.0 Å². The minimum absolute atomic E-state index is 0.153. The molecule has 0 aromatic heterocycles. The quantitative estimate of drug-likeness (QED) is 0.485. The van der Waals surface area contributed by atoms with Crippen LogP contribution in [0.5, 0.6) is 17.2 Å². The summed E-state index contributed by atoms with van der Waals surface area (Å²) >= 11 is 3.47. The Morgan fingerprint density at radius 1 is 1.37 bits per heavy atom. The Morgan fingerprint density at radius 3 is 2.70 bits per heavy atom. The van der Waals surface area contributed by atoms with E-state index in [1.807, 2.05) is 0 Å². The van der Waals surface area contributed by atoms with Gasteiger partial charge in [-0.3, -0.25) is 10.2 Å². The first-order chi connectivity index (χ1) is 14.4. The molecular formula is C20H20BrN5O4. The number of hydrogen-bond acceptors (Lipinski definition) is 8. The summed E-state index contributed by atoms with van der Waals surface area (Å²) in [4.78, 5) is 11.7. The first kappa shape index (κ1) is 21.4. The molecule has 0 spiro atoms. The number of nitrogens with one attached hydrogen (secondary N) is 2. The topological polar surface area (TPSA) is 156 Å². The number of hydrogen-bond donors (Lipinski definition) is 4. The van der Waals surface area contributed by atoms with E-state index < -0.39 is 17.7 Å². The van der Waals surface area contributed by atoms with Crippen LogP contribution in [0.3, 0.4) is 0 Å².